The summed E-state index contributed by atoms with van der Waals surface area (Å²) in [6.45, 7) is 1.52. The van der Waals surface area contributed by atoms with Crippen molar-refractivity contribution in [2.24, 2.45) is 0 Å². The van der Waals surface area contributed by atoms with Crippen molar-refractivity contribution in [3.8, 4) is 11.3 Å². The van der Waals surface area contributed by atoms with Crippen LogP contribution in [0.4, 0.5) is 4.39 Å². The Morgan fingerprint density at radius 3 is 2.57 bits per heavy atom. The second kappa shape index (κ2) is 7.04. The molecule has 0 saturated heterocycles. The van der Waals surface area contributed by atoms with Crippen molar-refractivity contribution in [3.63, 3.8) is 0 Å². The maximum Gasteiger partial charge on any atom is 0.287 e. The summed E-state index contributed by atoms with van der Waals surface area (Å²) in [6.07, 6.45) is 0.879. The number of amides is 1. The van der Waals surface area contributed by atoms with E-state index in [0.717, 1.165) is 18.5 Å². The summed E-state index contributed by atoms with van der Waals surface area (Å²) < 4.78 is 18.4. The molecular formula is C16H19FN2O2. The van der Waals surface area contributed by atoms with Gasteiger partial charge in [0, 0.05) is 12.1 Å². The Balaban J connectivity index is 1.93. The monoisotopic (exact) mass is 290 g/mol. The van der Waals surface area contributed by atoms with E-state index in [2.05, 4.69) is 10.2 Å². The van der Waals surface area contributed by atoms with E-state index in [4.69, 9.17) is 4.42 Å². The molecule has 2 aromatic rings. The average Bonchev–Trinajstić information content (AvgIpc) is 2.94. The zero-order valence-corrected chi connectivity index (χ0v) is 12.2. The van der Waals surface area contributed by atoms with E-state index in [1.54, 1.807) is 24.3 Å². The maximum absolute atomic E-state index is 12.9. The molecule has 0 aliphatic rings. The number of furan rings is 1. The summed E-state index contributed by atoms with van der Waals surface area (Å²) in [5.41, 5.74) is 0.739. The summed E-state index contributed by atoms with van der Waals surface area (Å²) in [7, 11) is 3.98. The fourth-order valence-corrected chi connectivity index (χ4v) is 1.91. The highest BCUT2D eigenvalue weighted by molar-refractivity contribution is 5.92. The van der Waals surface area contributed by atoms with Crippen molar-refractivity contribution in [1.29, 1.82) is 0 Å². The third kappa shape index (κ3) is 4.43. The second-order valence-corrected chi connectivity index (χ2v) is 5.08. The van der Waals surface area contributed by atoms with Gasteiger partial charge in [-0.1, -0.05) is 0 Å². The largest absolute Gasteiger partial charge is 0.451 e. The Labute approximate surface area is 123 Å². The summed E-state index contributed by atoms with van der Waals surface area (Å²) in [4.78, 5) is 14.0. The van der Waals surface area contributed by atoms with E-state index in [1.807, 2.05) is 14.1 Å². The zero-order valence-electron chi connectivity index (χ0n) is 12.2. The minimum atomic E-state index is -0.302. The Bertz CT molecular complexity index is 591. The zero-order chi connectivity index (χ0) is 15.2. The van der Waals surface area contributed by atoms with Gasteiger partial charge in [-0.3, -0.25) is 4.79 Å². The Kier molecular flexibility index (Phi) is 5.11. The number of nitrogens with zero attached hydrogens (tertiary/aromatic N) is 1. The quantitative estimate of drug-likeness (QED) is 0.832. The first-order valence-electron chi connectivity index (χ1n) is 6.85. The molecule has 5 heteroatoms. The third-order valence-electron chi connectivity index (χ3n) is 3.03. The molecule has 0 aliphatic carbocycles. The number of halogens is 1. The molecule has 0 atom stereocenters. The van der Waals surface area contributed by atoms with Gasteiger partial charge in [-0.2, -0.15) is 0 Å². The highest BCUT2D eigenvalue weighted by atomic mass is 19.1. The summed E-state index contributed by atoms with van der Waals surface area (Å²) in [5, 5.41) is 2.81. The van der Waals surface area contributed by atoms with Crippen LogP contribution in [0, 0.1) is 5.82 Å². The lowest BCUT2D eigenvalue weighted by Crippen LogP contribution is -2.26. The molecule has 0 unspecified atom stereocenters. The van der Waals surface area contributed by atoms with E-state index in [1.165, 1.54) is 12.1 Å². The molecule has 1 aromatic carbocycles. The lowest BCUT2D eigenvalue weighted by atomic mass is 10.2. The first-order valence-corrected chi connectivity index (χ1v) is 6.85. The van der Waals surface area contributed by atoms with Gasteiger partial charge in [0.15, 0.2) is 5.76 Å². The molecule has 1 aromatic heterocycles. The molecule has 112 valence electrons. The second-order valence-electron chi connectivity index (χ2n) is 5.08. The van der Waals surface area contributed by atoms with Crippen molar-refractivity contribution in [1.82, 2.24) is 10.2 Å². The molecule has 0 spiro atoms. The van der Waals surface area contributed by atoms with Gasteiger partial charge in [0.05, 0.1) is 0 Å². The van der Waals surface area contributed by atoms with Gasteiger partial charge in [0.25, 0.3) is 5.91 Å². The molecule has 0 aliphatic heterocycles. The van der Waals surface area contributed by atoms with Crippen molar-refractivity contribution in [3.05, 3.63) is 48.0 Å². The van der Waals surface area contributed by atoms with Gasteiger partial charge in [0.2, 0.25) is 0 Å². The number of rotatable bonds is 6. The van der Waals surface area contributed by atoms with E-state index >= 15 is 0 Å². The Hall–Kier alpha value is -2.14. The number of carbonyl (C=O) groups is 1. The number of carbonyl (C=O) groups excluding carboxylic acids is 1. The smallest absolute Gasteiger partial charge is 0.287 e. The molecule has 21 heavy (non-hydrogen) atoms. The molecule has 1 heterocycles. The van der Waals surface area contributed by atoms with E-state index in [0.29, 0.717) is 12.3 Å². The summed E-state index contributed by atoms with van der Waals surface area (Å²) >= 11 is 0. The van der Waals surface area contributed by atoms with Crippen molar-refractivity contribution in [2.45, 2.75) is 6.42 Å². The van der Waals surface area contributed by atoms with Crippen molar-refractivity contribution in [2.75, 3.05) is 27.2 Å². The lowest BCUT2D eigenvalue weighted by molar-refractivity contribution is 0.0925. The van der Waals surface area contributed by atoms with Gasteiger partial charge < -0.3 is 14.6 Å². The molecule has 2 rings (SSSR count). The molecule has 4 nitrogen and oxygen atoms in total. The molecule has 0 saturated carbocycles. The summed E-state index contributed by atoms with van der Waals surface area (Å²) in [6, 6.07) is 9.29. The normalized spacial score (nSPS) is 10.9. The van der Waals surface area contributed by atoms with Gasteiger partial charge in [0.1, 0.15) is 11.6 Å². The van der Waals surface area contributed by atoms with Crippen LogP contribution in [-0.2, 0) is 0 Å². The van der Waals surface area contributed by atoms with Crippen LogP contribution >= 0.6 is 0 Å². The minimum Gasteiger partial charge on any atom is -0.451 e. The maximum atomic E-state index is 12.9. The van der Waals surface area contributed by atoms with Gasteiger partial charge in [-0.15, -0.1) is 0 Å². The highest BCUT2D eigenvalue weighted by Crippen LogP contribution is 2.22. The van der Waals surface area contributed by atoms with Crippen LogP contribution in [0.2, 0.25) is 0 Å². The third-order valence-corrected chi connectivity index (χ3v) is 3.03. The fraction of sp³-hybridized carbons (Fsp3) is 0.312. The average molecular weight is 290 g/mol. The highest BCUT2D eigenvalue weighted by Gasteiger charge is 2.11. The standard InChI is InChI=1S/C16H19FN2O2/c1-19(2)11-3-10-18-16(20)15-9-8-14(21-15)12-4-6-13(17)7-5-12/h4-9H,3,10-11H2,1-2H3,(H,18,20). The molecule has 0 bridgehead atoms. The first-order chi connectivity index (χ1) is 10.1. The number of hydrogen-bond acceptors (Lipinski definition) is 3. The van der Waals surface area contributed by atoms with Crippen LogP contribution in [0.25, 0.3) is 11.3 Å². The predicted octanol–water partition coefficient (Wildman–Crippen LogP) is 2.77. The van der Waals surface area contributed by atoms with Gasteiger partial charge in [-0.05, 0) is 63.5 Å². The van der Waals surface area contributed by atoms with Crippen LogP contribution in [0.5, 0.6) is 0 Å². The Morgan fingerprint density at radius 2 is 1.90 bits per heavy atom. The SMILES string of the molecule is CN(C)CCCNC(=O)c1ccc(-c2ccc(F)cc2)o1. The molecule has 0 radical (unpaired) electrons. The minimum absolute atomic E-state index is 0.234. The lowest BCUT2D eigenvalue weighted by Gasteiger charge is -2.09. The van der Waals surface area contributed by atoms with Crippen LogP contribution in [-0.4, -0.2) is 38.0 Å². The fourth-order valence-electron chi connectivity index (χ4n) is 1.91. The Morgan fingerprint density at radius 1 is 1.19 bits per heavy atom. The topological polar surface area (TPSA) is 45.5 Å². The molecule has 0 fully saturated rings. The predicted molar refractivity (Wildman–Crippen MR) is 79.6 cm³/mol. The number of nitrogens with one attached hydrogen (secondary N) is 1. The number of benzene rings is 1. The summed E-state index contributed by atoms with van der Waals surface area (Å²) in [5.74, 6) is 0.277. The number of hydrogen-bond donors (Lipinski definition) is 1. The van der Waals surface area contributed by atoms with Crippen LogP contribution in [0.15, 0.2) is 40.8 Å². The van der Waals surface area contributed by atoms with Crippen LogP contribution < -0.4 is 5.32 Å². The van der Waals surface area contributed by atoms with Gasteiger partial charge >= 0.3 is 0 Å². The van der Waals surface area contributed by atoms with E-state index < -0.39 is 0 Å². The van der Waals surface area contributed by atoms with E-state index in [-0.39, 0.29) is 17.5 Å². The molecule has 1 amide bonds. The molecular weight excluding hydrogens is 271 g/mol. The van der Waals surface area contributed by atoms with Crippen LogP contribution in [0.3, 0.4) is 0 Å². The first kappa shape index (κ1) is 15.3. The van der Waals surface area contributed by atoms with Crippen LogP contribution in [0.1, 0.15) is 17.0 Å². The van der Waals surface area contributed by atoms with Gasteiger partial charge in [-0.25, -0.2) is 4.39 Å². The van der Waals surface area contributed by atoms with E-state index in [9.17, 15) is 9.18 Å². The van der Waals surface area contributed by atoms with Crippen molar-refractivity contribution >= 4 is 5.91 Å². The van der Waals surface area contributed by atoms with Crippen molar-refractivity contribution < 1.29 is 13.6 Å². The molecule has 1 N–H and O–H groups in total.